The van der Waals surface area contributed by atoms with Gasteiger partial charge >= 0.3 is 7.69 Å². The molecule has 0 aliphatic heterocycles. The second-order valence-corrected chi connectivity index (χ2v) is 4.46. The fourth-order valence-corrected chi connectivity index (χ4v) is 1.30. The Bertz CT molecular complexity index is 334. The second-order valence-electron chi connectivity index (χ2n) is 4.46. The molecule has 1 rings (SSSR count). The Morgan fingerprint density at radius 1 is 1.00 bits per heavy atom. The van der Waals surface area contributed by atoms with Gasteiger partial charge in [0.2, 0.25) is 0 Å². The summed E-state index contributed by atoms with van der Waals surface area (Å²) in [5, 5.41) is 14.2. The van der Waals surface area contributed by atoms with Crippen molar-refractivity contribution >= 4 is 7.69 Å². The van der Waals surface area contributed by atoms with Gasteiger partial charge in [-0.25, -0.2) is 0 Å². The molecule has 0 atom stereocenters. The van der Waals surface area contributed by atoms with Crippen molar-refractivity contribution < 1.29 is 19.5 Å². The van der Waals surface area contributed by atoms with E-state index in [2.05, 4.69) is 26.8 Å². The van der Waals surface area contributed by atoms with Crippen LogP contribution in [0.15, 0.2) is 18.2 Å². The van der Waals surface area contributed by atoms with Crippen molar-refractivity contribution in [3.05, 3.63) is 23.8 Å². The van der Waals surface area contributed by atoms with Crippen LogP contribution in [0.1, 0.15) is 26.3 Å². The molecule has 0 saturated heterocycles. The van der Waals surface area contributed by atoms with E-state index in [-0.39, 0.29) is 5.41 Å². The molecule has 1 aromatic rings. The third kappa shape index (κ3) is 5.11. The van der Waals surface area contributed by atoms with Crippen molar-refractivity contribution in [1.82, 2.24) is 0 Å². The fourth-order valence-electron chi connectivity index (χ4n) is 1.30. The molecular formula is C12H21BO4. The Kier molecular flexibility index (Phi) is 6.69. The summed E-state index contributed by atoms with van der Waals surface area (Å²) < 4.78 is 10.4. The van der Waals surface area contributed by atoms with Crippen LogP contribution in [0.3, 0.4) is 0 Å². The molecule has 96 valence electrons. The summed E-state index contributed by atoms with van der Waals surface area (Å²) in [6, 6.07) is 6.04. The maximum absolute atomic E-state index is 7.12. The lowest BCUT2D eigenvalue weighted by atomic mass is 9.87. The van der Waals surface area contributed by atoms with Gasteiger partial charge in [0.15, 0.2) is 11.5 Å². The summed E-state index contributed by atoms with van der Waals surface area (Å²) in [5.74, 6) is 1.57. The molecule has 0 saturated carbocycles. The van der Waals surface area contributed by atoms with E-state index in [1.807, 2.05) is 12.1 Å². The summed E-state index contributed by atoms with van der Waals surface area (Å²) in [4.78, 5) is 0. The van der Waals surface area contributed by atoms with Crippen molar-refractivity contribution in [3.63, 3.8) is 0 Å². The molecule has 0 heterocycles. The molecule has 0 spiro atoms. The highest BCUT2D eigenvalue weighted by molar-refractivity contribution is 6.13. The van der Waals surface area contributed by atoms with E-state index in [0.29, 0.717) is 0 Å². The van der Waals surface area contributed by atoms with E-state index in [9.17, 15) is 0 Å². The SMILES string of the molecule is COc1ccc(C(C)(C)C)cc1OC.OBO. The average molecular weight is 240 g/mol. The quantitative estimate of drug-likeness (QED) is 0.763. The van der Waals surface area contributed by atoms with E-state index in [4.69, 9.17) is 19.5 Å². The maximum atomic E-state index is 7.12. The predicted octanol–water partition coefficient (Wildman–Crippen LogP) is 1.24. The van der Waals surface area contributed by atoms with Crippen molar-refractivity contribution in [3.8, 4) is 11.5 Å². The van der Waals surface area contributed by atoms with Gasteiger partial charge in [0.1, 0.15) is 0 Å². The third-order valence-corrected chi connectivity index (χ3v) is 2.25. The van der Waals surface area contributed by atoms with Gasteiger partial charge in [0.25, 0.3) is 0 Å². The molecule has 0 fully saturated rings. The highest BCUT2D eigenvalue weighted by Crippen LogP contribution is 2.32. The van der Waals surface area contributed by atoms with E-state index < -0.39 is 7.69 Å². The molecule has 4 nitrogen and oxygen atoms in total. The highest BCUT2D eigenvalue weighted by atomic mass is 16.5. The van der Waals surface area contributed by atoms with Crippen LogP contribution in [0.5, 0.6) is 11.5 Å². The first kappa shape index (κ1) is 15.8. The molecule has 0 bridgehead atoms. The van der Waals surface area contributed by atoms with Crippen LogP contribution < -0.4 is 9.47 Å². The molecule has 5 heteroatoms. The van der Waals surface area contributed by atoms with Crippen LogP contribution in [-0.4, -0.2) is 32.0 Å². The molecule has 1 aromatic carbocycles. The lowest BCUT2D eigenvalue weighted by molar-refractivity contribution is 0.353. The van der Waals surface area contributed by atoms with Crippen LogP contribution in [0, 0.1) is 0 Å². The number of hydrogen-bond donors (Lipinski definition) is 2. The van der Waals surface area contributed by atoms with E-state index in [1.165, 1.54) is 5.56 Å². The smallest absolute Gasteiger partial charge is 0.432 e. The van der Waals surface area contributed by atoms with Crippen molar-refractivity contribution in [1.29, 1.82) is 0 Å². The lowest BCUT2D eigenvalue weighted by Gasteiger charge is -2.20. The van der Waals surface area contributed by atoms with Gasteiger partial charge in [-0.3, -0.25) is 0 Å². The predicted molar refractivity (Wildman–Crippen MR) is 69.8 cm³/mol. The molecule has 0 unspecified atom stereocenters. The summed E-state index contributed by atoms with van der Waals surface area (Å²) in [6.45, 7) is 6.52. The molecule has 0 amide bonds. The van der Waals surface area contributed by atoms with Crippen LogP contribution in [0.2, 0.25) is 0 Å². The van der Waals surface area contributed by atoms with Gasteiger partial charge in [0, 0.05) is 0 Å². The molecular weight excluding hydrogens is 219 g/mol. The molecule has 2 N–H and O–H groups in total. The number of ether oxygens (including phenoxy) is 2. The zero-order valence-electron chi connectivity index (χ0n) is 11.2. The Labute approximate surface area is 103 Å². The zero-order chi connectivity index (χ0) is 13.5. The Balaban J connectivity index is 0.000000770. The second kappa shape index (κ2) is 7.19. The lowest BCUT2D eigenvalue weighted by Crippen LogP contribution is -2.11. The first-order valence-corrected chi connectivity index (χ1v) is 5.35. The maximum Gasteiger partial charge on any atom is 0.432 e. The minimum Gasteiger partial charge on any atom is -0.493 e. The molecule has 0 aliphatic rings. The van der Waals surface area contributed by atoms with Gasteiger partial charge in [0.05, 0.1) is 14.2 Å². The summed E-state index contributed by atoms with van der Waals surface area (Å²) in [6.07, 6.45) is 0. The van der Waals surface area contributed by atoms with E-state index >= 15 is 0 Å². The van der Waals surface area contributed by atoms with Crippen LogP contribution in [0.25, 0.3) is 0 Å². The topological polar surface area (TPSA) is 58.9 Å². The normalized spacial score (nSPS) is 10.1. The third-order valence-electron chi connectivity index (χ3n) is 2.25. The first-order chi connectivity index (χ1) is 7.90. The molecule has 0 radical (unpaired) electrons. The van der Waals surface area contributed by atoms with Gasteiger partial charge in [-0.05, 0) is 23.1 Å². The van der Waals surface area contributed by atoms with Crippen LogP contribution in [-0.2, 0) is 5.41 Å². The molecule has 0 aromatic heterocycles. The largest absolute Gasteiger partial charge is 0.493 e. The fraction of sp³-hybridized carbons (Fsp3) is 0.500. The summed E-state index contributed by atoms with van der Waals surface area (Å²) >= 11 is 0. The number of benzene rings is 1. The Morgan fingerprint density at radius 3 is 1.82 bits per heavy atom. The summed E-state index contributed by atoms with van der Waals surface area (Å²) in [7, 11) is 2.55. The molecule has 0 aliphatic carbocycles. The van der Waals surface area contributed by atoms with Crippen molar-refractivity contribution in [2.24, 2.45) is 0 Å². The van der Waals surface area contributed by atoms with Gasteiger partial charge in [-0.2, -0.15) is 0 Å². The Hall–Kier alpha value is -1.20. The number of hydrogen-bond acceptors (Lipinski definition) is 4. The monoisotopic (exact) mass is 240 g/mol. The van der Waals surface area contributed by atoms with Gasteiger partial charge < -0.3 is 19.5 Å². The zero-order valence-corrected chi connectivity index (χ0v) is 11.2. The van der Waals surface area contributed by atoms with Crippen molar-refractivity contribution in [2.75, 3.05) is 14.2 Å². The van der Waals surface area contributed by atoms with Crippen LogP contribution in [0.4, 0.5) is 0 Å². The average Bonchev–Trinajstić information content (AvgIpc) is 2.28. The van der Waals surface area contributed by atoms with Gasteiger partial charge in [-0.15, -0.1) is 0 Å². The first-order valence-electron chi connectivity index (χ1n) is 5.35. The van der Waals surface area contributed by atoms with Gasteiger partial charge in [-0.1, -0.05) is 26.8 Å². The minimum atomic E-state index is -0.750. The van der Waals surface area contributed by atoms with Crippen LogP contribution >= 0.6 is 0 Å². The van der Waals surface area contributed by atoms with E-state index in [1.54, 1.807) is 14.2 Å². The Morgan fingerprint density at radius 2 is 1.47 bits per heavy atom. The standard InChI is InChI=1S/C12H18O2.BH3O2/c1-12(2,3)9-6-7-10(13-4)11(8-9)14-5;2-1-3/h6-8H,1-5H3;1-3H. The van der Waals surface area contributed by atoms with E-state index in [0.717, 1.165) is 11.5 Å². The van der Waals surface area contributed by atoms with Crippen molar-refractivity contribution in [2.45, 2.75) is 26.2 Å². The molecule has 17 heavy (non-hydrogen) atoms. The number of methoxy groups -OCH3 is 2. The number of rotatable bonds is 2. The minimum absolute atomic E-state index is 0.138. The summed E-state index contributed by atoms with van der Waals surface area (Å²) in [5.41, 5.74) is 1.38. The highest BCUT2D eigenvalue weighted by Gasteiger charge is 2.15.